The highest BCUT2D eigenvalue weighted by molar-refractivity contribution is 5.66. The second kappa shape index (κ2) is 11.5. The third kappa shape index (κ3) is 8.02. The van der Waals surface area contributed by atoms with Gasteiger partial charge in [-0.2, -0.15) is 0 Å². The molecule has 0 spiro atoms. The van der Waals surface area contributed by atoms with Crippen molar-refractivity contribution in [1.29, 1.82) is 0 Å². The summed E-state index contributed by atoms with van der Waals surface area (Å²) in [4.78, 5) is 10.5. The summed E-state index contributed by atoms with van der Waals surface area (Å²) in [5.74, 6) is -0.628. The van der Waals surface area contributed by atoms with Gasteiger partial charge in [0.25, 0.3) is 0 Å². The van der Waals surface area contributed by atoms with Gasteiger partial charge in [-0.1, -0.05) is 70.1 Å². The SMILES string of the molecule is C=C1CC(O)[C@H](/C=C/C(O)C(C)(C)CCCC)C1C/C=C\CCCC(=O)O. The van der Waals surface area contributed by atoms with Crippen LogP contribution >= 0.6 is 0 Å². The third-order valence-electron chi connectivity index (χ3n) is 5.71. The molecule has 1 rings (SSSR count). The van der Waals surface area contributed by atoms with Crippen molar-refractivity contribution in [3.05, 3.63) is 36.5 Å². The molecule has 0 amide bonds. The fourth-order valence-electron chi connectivity index (χ4n) is 3.69. The van der Waals surface area contributed by atoms with Crippen molar-refractivity contribution in [2.45, 2.75) is 84.3 Å². The van der Waals surface area contributed by atoms with Crippen LogP contribution < -0.4 is 0 Å². The Morgan fingerprint density at radius 1 is 1.33 bits per heavy atom. The third-order valence-corrected chi connectivity index (χ3v) is 5.71. The molecule has 1 aliphatic rings. The zero-order valence-corrected chi connectivity index (χ0v) is 17.2. The highest BCUT2D eigenvalue weighted by Crippen LogP contribution is 2.40. The lowest BCUT2D eigenvalue weighted by Gasteiger charge is -2.29. The fourth-order valence-corrected chi connectivity index (χ4v) is 3.69. The van der Waals surface area contributed by atoms with Crippen LogP contribution in [0, 0.1) is 17.3 Å². The molecule has 0 heterocycles. The van der Waals surface area contributed by atoms with E-state index in [9.17, 15) is 15.0 Å². The molecule has 0 radical (unpaired) electrons. The summed E-state index contributed by atoms with van der Waals surface area (Å²) in [5, 5.41) is 29.6. The maximum atomic E-state index is 10.6. The van der Waals surface area contributed by atoms with E-state index in [0.717, 1.165) is 37.7 Å². The van der Waals surface area contributed by atoms with E-state index >= 15 is 0 Å². The van der Waals surface area contributed by atoms with Gasteiger partial charge < -0.3 is 15.3 Å². The van der Waals surface area contributed by atoms with E-state index in [2.05, 4.69) is 33.4 Å². The van der Waals surface area contributed by atoms with Crippen LogP contribution in [0.5, 0.6) is 0 Å². The first kappa shape index (κ1) is 23.6. The number of aliphatic hydroxyl groups is 2. The number of carboxylic acids is 1. The molecule has 0 aliphatic heterocycles. The molecule has 1 fully saturated rings. The van der Waals surface area contributed by atoms with Gasteiger partial charge in [-0.05, 0) is 43.4 Å². The van der Waals surface area contributed by atoms with Gasteiger partial charge in [-0.3, -0.25) is 4.79 Å². The minimum Gasteiger partial charge on any atom is -0.481 e. The first-order valence-electron chi connectivity index (χ1n) is 10.3. The molecule has 0 aromatic rings. The molecular formula is C23H38O4. The Morgan fingerprint density at radius 3 is 2.67 bits per heavy atom. The number of aliphatic carboxylic acids is 1. The van der Waals surface area contributed by atoms with E-state index < -0.39 is 18.2 Å². The Balaban J connectivity index is 2.63. The second-order valence-electron chi connectivity index (χ2n) is 8.53. The first-order valence-corrected chi connectivity index (χ1v) is 10.3. The zero-order chi connectivity index (χ0) is 20.4. The number of carbonyl (C=O) groups is 1. The van der Waals surface area contributed by atoms with Crippen LogP contribution in [0.15, 0.2) is 36.5 Å². The largest absolute Gasteiger partial charge is 0.481 e. The van der Waals surface area contributed by atoms with Crippen molar-refractivity contribution in [3.8, 4) is 0 Å². The lowest BCUT2D eigenvalue weighted by molar-refractivity contribution is -0.137. The van der Waals surface area contributed by atoms with Crippen LogP contribution in [-0.4, -0.2) is 33.5 Å². The molecule has 1 saturated carbocycles. The van der Waals surface area contributed by atoms with Crippen molar-refractivity contribution in [1.82, 2.24) is 0 Å². The van der Waals surface area contributed by atoms with Crippen molar-refractivity contribution >= 4 is 5.97 Å². The van der Waals surface area contributed by atoms with Crippen LogP contribution in [0.3, 0.4) is 0 Å². The molecule has 27 heavy (non-hydrogen) atoms. The van der Waals surface area contributed by atoms with Gasteiger partial charge in [0.1, 0.15) is 0 Å². The summed E-state index contributed by atoms with van der Waals surface area (Å²) in [6.45, 7) is 10.4. The van der Waals surface area contributed by atoms with Crippen molar-refractivity contribution in [3.63, 3.8) is 0 Å². The van der Waals surface area contributed by atoms with Gasteiger partial charge in [0, 0.05) is 12.3 Å². The van der Waals surface area contributed by atoms with Crippen molar-refractivity contribution in [2.24, 2.45) is 17.3 Å². The molecule has 4 heteroatoms. The molecule has 0 aromatic heterocycles. The number of allylic oxidation sites excluding steroid dienone is 2. The Hall–Kier alpha value is -1.39. The molecule has 0 aromatic carbocycles. The van der Waals surface area contributed by atoms with Crippen LogP contribution in [0.25, 0.3) is 0 Å². The molecule has 4 atom stereocenters. The average molecular weight is 379 g/mol. The van der Waals surface area contributed by atoms with E-state index in [-0.39, 0.29) is 23.7 Å². The van der Waals surface area contributed by atoms with Gasteiger partial charge in [-0.25, -0.2) is 0 Å². The van der Waals surface area contributed by atoms with Gasteiger partial charge in [0.2, 0.25) is 0 Å². The molecular weight excluding hydrogens is 340 g/mol. The van der Waals surface area contributed by atoms with Crippen LogP contribution in [0.1, 0.15) is 72.1 Å². The van der Waals surface area contributed by atoms with Crippen molar-refractivity contribution in [2.75, 3.05) is 0 Å². The minimum atomic E-state index is -0.763. The normalized spacial score (nSPS) is 24.9. The number of unbranched alkanes of at least 4 members (excludes halogenated alkanes) is 2. The maximum absolute atomic E-state index is 10.6. The summed E-state index contributed by atoms with van der Waals surface area (Å²) in [6, 6.07) is 0. The number of rotatable bonds is 12. The monoisotopic (exact) mass is 378 g/mol. The lowest BCUT2D eigenvalue weighted by atomic mass is 9.80. The molecule has 4 nitrogen and oxygen atoms in total. The Labute approximate surface area is 164 Å². The average Bonchev–Trinajstić information content (AvgIpc) is 2.86. The maximum Gasteiger partial charge on any atom is 0.303 e. The quantitative estimate of drug-likeness (QED) is 0.334. The topological polar surface area (TPSA) is 77.8 Å². The summed E-state index contributed by atoms with van der Waals surface area (Å²) >= 11 is 0. The van der Waals surface area contributed by atoms with Crippen LogP contribution in [-0.2, 0) is 4.79 Å². The standard InChI is InChI=1S/C23H38O4/c1-5-6-15-23(3,4)21(25)14-13-19-18(17(2)16-20(19)24)11-9-7-8-10-12-22(26)27/h7,9,13-14,18-21,24-25H,2,5-6,8,10-12,15-16H2,1,3-4H3,(H,26,27)/b9-7-,14-13+/t18?,19-,20?,21?/m1/s1. The molecule has 0 saturated heterocycles. The Kier molecular flexibility index (Phi) is 10.0. The predicted molar refractivity (Wildman–Crippen MR) is 110 cm³/mol. The zero-order valence-electron chi connectivity index (χ0n) is 17.2. The minimum absolute atomic E-state index is 0.0298. The van der Waals surface area contributed by atoms with Gasteiger partial charge >= 0.3 is 5.97 Å². The summed E-state index contributed by atoms with van der Waals surface area (Å²) < 4.78 is 0. The van der Waals surface area contributed by atoms with E-state index in [4.69, 9.17) is 5.11 Å². The summed E-state index contributed by atoms with van der Waals surface area (Å²) in [6.07, 6.45) is 13.1. The second-order valence-corrected chi connectivity index (χ2v) is 8.53. The smallest absolute Gasteiger partial charge is 0.303 e. The number of hydrogen-bond acceptors (Lipinski definition) is 3. The van der Waals surface area contributed by atoms with Crippen LogP contribution in [0.4, 0.5) is 0 Å². The lowest BCUT2D eigenvalue weighted by Crippen LogP contribution is -2.28. The van der Waals surface area contributed by atoms with E-state index in [0.29, 0.717) is 12.8 Å². The number of carboxylic acid groups (broad SMARTS) is 1. The van der Waals surface area contributed by atoms with Gasteiger partial charge in [0.05, 0.1) is 12.2 Å². The predicted octanol–water partition coefficient (Wildman–Crippen LogP) is 4.87. The summed E-state index contributed by atoms with van der Waals surface area (Å²) in [5.41, 5.74) is 0.874. The van der Waals surface area contributed by atoms with Crippen LogP contribution in [0.2, 0.25) is 0 Å². The van der Waals surface area contributed by atoms with Gasteiger partial charge in [-0.15, -0.1) is 0 Å². The first-order chi connectivity index (χ1) is 12.7. The van der Waals surface area contributed by atoms with Crippen molar-refractivity contribution < 1.29 is 20.1 Å². The number of hydrogen-bond donors (Lipinski definition) is 3. The van der Waals surface area contributed by atoms with Gasteiger partial charge in [0.15, 0.2) is 0 Å². The highest BCUT2D eigenvalue weighted by Gasteiger charge is 2.35. The Morgan fingerprint density at radius 2 is 2.04 bits per heavy atom. The number of aliphatic hydroxyl groups excluding tert-OH is 2. The molecule has 0 bridgehead atoms. The van der Waals surface area contributed by atoms with E-state index in [1.165, 1.54) is 0 Å². The molecule has 3 N–H and O–H groups in total. The summed E-state index contributed by atoms with van der Waals surface area (Å²) in [7, 11) is 0. The molecule has 3 unspecified atom stereocenters. The fraction of sp³-hybridized carbons (Fsp3) is 0.696. The molecule has 154 valence electrons. The Bertz CT molecular complexity index is 532. The molecule has 1 aliphatic carbocycles. The van der Waals surface area contributed by atoms with E-state index in [1.807, 2.05) is 18.2 Å². The highest BCUT2D eigenvalue weighted by atomic mass is 16.4. The van der Waals surface area contributed by atoms with E-state index in [1.54, 1.807) is 0 Å².